The van der Waals surface area contributed by atoms with Crippen LogP contribution in [0.1, 0.15) is 97.0 Å². The van der Waals surface area contributed by atoms with E-state index in [2.05, 4.69) is 20.9 Å². The lowest BCUT2D eigenvalue weighted by Crippen LogP contribution is -2.59. The molecule has 4 amide bonds. The summed E-state index contributed by atoms with van der Waals surface area (Å²) < 4.78 is 7.49. The van der Waals surface area contributed by atoms with Crippen molar-refractivity contribution >= 4 is 34.6 Å². The molecule has 5 rings (SSSR count). The molecule has 1 aliphatic heterocycles. The predicted octanol–water partition coefficient (Wildman–Crippen LogP) is 6.48. The third kappa shape index (κ3) is 9.82. The van der Waals surface area contributed by atoms with Gasteiger partial charge in [0.2, 0.25) is 17.7 Å². The number of benzene rings is 3. The number of imidazole rings is 1. The Kier molecular flexibility index (Phi) is 11.9. The number of carbonyl (C=O) groups excluding carboxylic acids is 4. The first-order valence-electron chi connectivity index (χ1n) is 18.5. The molecule has 11 nitrogen and oxygen atoms in total. The lowest BCUT2D eigenvalue weighted by atomic mass is 9.85. The summed E-state index contributed by atoms with van der Waals surface area (Å²) in [4.78, 5) is 61.7. The van der Waals surface area contributed by atoms with Crippen LogP contribution in [0.2, 0.25) is 0 Å². The summed E-state index contributed by atoms with van der Waals surface area (Å²) >= 11 is 0. The van der Waals surface area contributed by atoms with Crippen molar-refractivity contribution in [1.82, 2.24) is 30.4 Å². The monoisotopic (exact) mass is 722 g/mol. The second-order valence-electron chi connectivity index (χ2n) is 16.2. The van der Waals surface area contributed by atoms with E-state index in [0.29, 0.717) is 31.6 Å². The Morgan fingerprint density at radius 1 is 0.868 bits per heavy atom. The first kappa shape index (κ1) is 39.0. The molecular formula is C42H54N6O5. The number of hydrogen-bond donors (Lipinski definition) is 3. The Morgan fingerprint density at radius 3 is 2.25 bits per heavy atom. The van der Waals surface area contributed by atoms with E-state index < -0.39 is 53.0 Å². The molecule has 5 atom stereocenters. The van der Waals surface area contributed by atoms with Crippen LogP contribution in [0.3, 0.4) is 0 Å². The van der Waals surface area contributed by atoms with Crippen molar-refractivity contribution in [2.75, 3.05) is 6.54 Å². The summed E-state index contributed by atoms with van der Waals surface area (Å²) in [5.74, 6) is -1.70. The third-order valence-electron chi connectivity index (χ3n) is 9.67. The lowest BCUT2D eigenvalue weighted by molar-refractivity contribution is -0.142. The number of hydrogen-bond acceptors (Lipinski definition) is 6. The van der Waals surface area contributed by atoms with Crippen LogP contribution in [0.5, 0.6) is 0 Å². The standard InChI is InChI=1S/C42H54N6O5/c1-27(33-25-47(26-43-33)24-29-16-10-9-11-17-29)35(45-40(52)53-42(6,7)8)39(51)48-23-15-22-34(48)37(49)46-36(41(3,4)5)38(50)44-28(2)31-21-14-19-30-18-12-13-20-32(30)31/h9-14,16-21,25-28,34-36H,15,22-24H2,1-8H3,(H,44,50)(H,45,52)(H,46,49)/t27-,28+,34+,35+,36-/m1/s1. The zero-order valence-corrected chi connectivity index (χ0v) is 32.2. The summed E-state index contributed by atoms with van der Waals surface area (Å²) in [6.45, 7) is 15.6. The second-order valence-corrected chi connectivity index (χ2v) is 16.2. The van der Waals surface area contributed by atoms with Crippen LogP contribution in [0.15, 0.2) is 85.3 Å². The Hall–Kier alpha value is -5.19. The van der Waals surface area contributed by atoms with Crippen LogP contribution >= 0.6 is 0 Å². The number of nitrogens with zero attached hydrogens (tertiary/aromatic N) is 3. The van der Waals surface area contributed by atoms with E-state index in [0.717, 1.165) is 21.9 Å². The zero-order valence-electron chi connectivity index (χ0n) is 32.2. The summed E-state index contributed by atoms with van der Waals surface area (Å²) in [5.41, 5.74) is 1.26. The number of nitrogens with one attached hydrogen (secondary N) is 3. The highest BCUT2D eigenvalue weighted by atomic mass is 16.6. The van der Waals surface area contributed by atoms with Gasteiger partial charge in [-0.15, -0.1) is 0 Å². The maximum absolute atomic E-state index is 14.5. The van der Waals surface area contributed by atoms with Gasteiger partial charge in [0.1, 0.15) is 23.7 Å². The molecule has 3 N–H and O–H groups in total. The molecule has 1 fully saturated rings. The quantitative estimate of drug-likeness (QED) is 0.162. The normalized spacial score (nSPS) is 17.1. The maximum atomic E-state index is 14.5. The molecule has 1 saturated heterocycles. The Labute approximate surface area is 312 Å². The fourth-order valence-electron chi connectivity index (χ4n) is 6.90. The lowest BCUT2D eigenvalue weighted by Gasteiger charge is -2.35. The van der Waals surface area contributed by atoms with Gasteiger partial charge in [-0.2, -0.15) is 0 Å². The van der Waals surface area contributed by atoms with Crippen molar-refractivity contribution in [3.63, 3.8) is 0 Å². The minimum Gasteiger partial charge on any atom is -0.444 e. The fraction of sp³-hybridized carbons (Fsp3) is 0.452. The van der Waals surface area contributed by atoms with Gasteiger partial charge in [0.25, 0.3) is 0 Å². The highest BCUT2D eigenvalue weighted by Crippen LogP contribution is 2.28. The van der Waals surface area contributed by atoms with E-state index in [1.165, 1.54) is 4.90 Å². The van der Waals surface area contributed by atoms with Crippen molar-refractivity contribution in [3.05, 3.63) is 102 Å². The fourth-order valence-corrected chi connectivity index (χ4v) is 6.90. The average molecular weight is 723 g/mol. The van der Waals surface area contributed by atoms with Gasteiger partial charge in [-0.25, -0.2) is 9.78 Å². The molecule has 53 heavy (non-hydrogen) atoms. The summed E-state index contributed by atoms with van der Waals surface area (Å²) in [7, 11) is 0. The van der Waals surface area contributed by atoms with E-state index in [9.17, 15) is 19.2 Å². The second kappa shape index (κ2) is 16.2. The number of carbonyl (C=O) groups is 4. The molecular weight excluding hydrogens is 668 g/mol. The van der Waals surface area contributed by atoms with Crippen molar-refractivity contribution in [2.45, 2.75) is 110 Å². The SMILES string of the molecule is C[C@H](NC(=O)[C@@H](NC(=O)[C@@H]1CCCN1C(=O)[C@@H](NC(=O)OC(C)(C)C)[C@H](C)c1cn(Cc2ccccc2)cn1)C(C)(C)C)c1cccc2ccccc12. The number of rotatable bonds is 11. The molecule has 0 radical (unpaired) electrons. The molecule has 0 spiro atoms. The molecule has 0 unspecified atom stereocenters. The van der Waals surface area contributed by atoms with Gasteiger partial charge in [0, 0.05) is 25.2 Å². The molecule has 0 aliphatic carbocycles. The molecule has 0 saturated carbocycles. The van der Waals surface area contributed by atoms with Gasteiger partial charge in [0.15, 0.2) is 0 Å². The highest BCUT2D eigenvalue weighted by Gasteiger charge is 2.43. The Bertz CT molecular complexity index is 1900. The van der Waals surface area contributed by atoms with Crippen LogP contribution < -0.4 is 16.0 Å². The summed E-state index contributed by atoms with van der Waals surface area (Å²) in [6, 6.07) is 20.9. The number of fused-ring (bicyclic) bond motifs is 1. The van der Waals surface area contributed by atoms with Gasteiger partial charge in [-0.05, 0) is 67.9 Å². The molecule has 1 aliphatic rings. The average Bonchev–Trinajstić information content (AvgIpc) is 3.78. The summed E-state index contributed by atoms with van der Waals surface area (Å²) in [6.07, 6.45) is 3.85. The van der Waals surface area contributed by atoms with Crippen molar-refractivity contribution in [3.8, 4) is 0 Å². The molecule has 11 heteroatoms. The van der Waals surface area contributed by atoms with E-state index >= 15 is 0 Å². The molecule has 282 valence electrons. The zero-order chi connectivity index (χ0) is 38.5. The number of aromatic nitrogens is 2. The number of ether oxygens (including phenoxy) is 1. The van der Waals surface area contributed by atoms with Crippen LogP contribution in [-0.2, 0) is 25.7 Å². The van der Waals surface area contributed by atoms with E-state index in [1.54, 1.807) is 27.1 Å². The molecule has 3 aromatic carbocycles. The third-order valence-corrected chi connectivity index (χ3v) is 9.67. The molecule has 0 bridgehead atoms. The predicted molar refractivity (Wildman–Crippen MR) is 206 cm³/mol. The maximum Gasteiger partial charge on any atom is 0.408 e. The van der Waals surface area contributed by atoms with Crippen molar-refractivity contribution < 1.29 is 23.9 Å². The Morgan fingerprint density at radius 2 is 1.55 bits per heavy atom. The molecule has 2 heterocycles. The largest absolute Gasteiger partial charge is 0.444 e. The van der Waals surface area contributed by atoms with Crippen molar-refractivity contribution in [2.24, 2.45) is 5.41 Å². The topological polar surface area (TPSA) is 135 Å². The van der Waals surface area contributed by atoms with E-state index in [1.807, 2.05) is 118 Å². The van der Waals surface area contributed by atoms with Gasteiger partial charge < -0.3 is 30.2 Å². The number of likely N-dealkylation sites (tertiary alicyclic amines) is 1. The first-order chi connectivity index (χ1) is 25.0. The molecule has 1 aromatic heterocycles. The van der Waals surface area contributed by atoms with Crippen LogP contribution in [0.4, 0.5) is 4.79 Å². The Balaban J connectivity index is 1.34. The van der Waals surface area contributed by atoms with E-state index in [4.69, 9.17) is 4.74 Å². The van der Waals surface area contributed by atoms with Crippen LogP contribution in [0.25, 0.3) is 10.8 Å². The number of alkyl carbamates (subject to hydrolysis) is 1. The summed E-state index contributed by atoms with van der Waals surface area (Å²) in [5, 5.41) is 11.1. The van der Waals surface area contributed by atoms with Crippen LogP contribution in [0, 0.1) is 5.41 Å². The smallest absolute Gasteiger partial charge is 0.408 e. The van der Waals surface area contributed by atoms with Crippen LogP contribution in [-0.4, -0.2) is 68.5 Å². The highest BCUT2D eigenvalue weighted by molar-refractivity contribution is 5.95. The minimum atomic E-state index is -1.07. The number of amides is 4. The van der Waals surface area contributed by atoms with Gasteiger partial charge >= 0.3 is 6.09 Å². The van der Waals surface area contributed by atoms with Crippen molar-refractivity contribution in [1.29, 1.82) is 0 Å². The van der Waals surface area contributed by atoms with Gasteiger partial charge in [-0.1, -0.05) is 100 Å². The minimum absolute atomic E-state index is 0.314. The van der Waals surface area contributed by atoms with Gasteiger partial charge in [-0.3, -0.25) is 14.4 Å². The van der Waals surface area contributed by atoms with Gasteiger partial charge in [0.05, 0.1) is 18.1 Å². The van der Waals surface area contributed by atoms with E-state index in [-0.39, 0.29) is 11.9 Å². The first-order valence-corrected chi connectivity index (χ1v) is 18.5. The molecule has 4 aromatic rings.